The van der Waals surface area contributed by atoms with Gasteiger partial charge >= 0.3 is 0 Å². The van der Waals surface area contributed by atoms with Crippen LogP contribution in [-0.2, 0) is 11.3 Å². The van der Waals surface area contributed by atoms with Crippen LogP contribution in [-0.4, -0.2) is 30.4 Å². The molecule has 1 atom stereocenters. The minimum Gasteiger partial charge on any atom is -0.497 e. The summed E-state index contributed by atoms with van der Waals surface area (Å²) in [7, 11) is 1.66. The van der Waals surface area contributed by atoms with Crippen LogP contribution < -0.4 is 10.1 Å². The summed E-state index contributed by atoms with van der Waals surface area (Å²) < 4.78 is 5.26. The van der Waals surface area contributed by atoms with Gasteiger partial charge in [-0.25, -0.2) is 0 Å². The van der Waals surface area contributed by atoms with Crippen molar-refractivity contribution in [2.24, 2.45) is 0 Å². The molecule has 1 aliphatic heterocycles. The molecule has 148 valence electrons. The van der Waals surface area contributed by atoms with Crippen LogP contribution in [0.1, 0.15) is 60.1 Å². The third-order valence-electron chi connectivity index (χ3n) is 5.26. The Morgan fingerprint density at radius 1 is 1.04 bits per heavy atom. The van der Waals surface area contributed by atoms with E-state index in [2.05, 4.69) is 17.4 Å². The Balaban J connectivity index is 1.79. The van der Waals surface area contributed by atoms with Gasteiger partial charge in [0.15, 0.2) is 0 Å². The first-order valence-electron chi connectivity index (χ1n) is 9.87. The largest absolute Gasteiger partial charge is 0.497 e. The predicted octanol–water partition coefficient (Wildman–Crippen LogP) is 4.09. The van der Waals surface area contributed by atoms with Crippen molar-refractivity contribution < 1.29 is 14.3 Å². The van der Waals surface area contributed by atoms with E-state index >= 15 is 0 Å². The molecule has 1 N–H and O–H groups in total. The van der Waals surface area contributed by atoms with Gasteiger partial charge in [0.05, 0.1) is 13.2 Å². The molecule has 28 heavy (non-hydrogen) atoms. The SMILES string of the molecule is COc1ccc(C2CCCCCN2C(=O)c2ccc(CNC(C)=O)cc2)cc1. The summed E-state index contributed by atoms with van der Waals surface area (Å²) >= 11 is 0. The number of methoxy groups -OCH3 is 1. The fraction of sp³-hybridized carbons (Fsp3) is 0.391. The topological polar surface area (TPSA) is 58.6 Å². The molecule has 0 aromatic heterocycles. The molecule has 0 saturated carbocycles. The number of rotatable bonds is 5. The average Bonchev–Trinajstić information content (AvgIpc) is 2.98. The Hall–Kier alpha value is -2.82. The van der Waals surface area contributed by atoms with Gasteiger partial charge in [0.25, 0.3) is 5.91 Å². The number of benzene rings is 2. The van der Waals surface area contributed by atoms with Crippen LogP contribution in [0.25, 0.3) is 0 Å². The molecule has 0 radical (unpaired) electrons. The summed E-state index contributed by atoms with van der Waals surface area (Å²) in [5.74, 6) is 0.825. The van der Waals surface area contributed by atoms with E-state index in [1.54, 1.807) is 7.11 Å². The lowest BCUT2D eigenvalue weighted by Crippen LogP contribution is -2.34. The third kappa shape index (κ3) is 4.91. The first kappa shape index (κ1) is 19.9. The molecular formula is C23H28N2O3. The lowest BCUT2D eigenvalue weighted by Gasteiger charge is -2.31. The van der Waals surface area contributed by atoms with Crippen LogP contribution in [0.2, 0.25) is 0 Å². The fourth-order valence-electron chi connectivity index (χ4n) is 3.68. The monoisotopic (exact) mass is 380 g/mol. The second-order valence-corrected chi connectivity index (χ2v) is 7.24. The van der Waals surface area contributed by atoms with E-state index in [1.807, 2.05) is 41.3 Å². The van der Waals surface area contributed by atoms with Crippen LogP contribution in [0.4, 0.5) is 0 Å². The van der Waals surface area contributed by atoms with Crippen LogP contribution >= 0.6 is 0 Å². The highest BCUT2D eigenvalue weighted by Gasteiger charge is 2.27. The summed E-state index contributed by atoms with van der Waals surface area (Å²) in [6.07, 6.45) is 4.26. The minimum atomic E-state index is -0.0629. The molecule has 5 nitrogen and oxygen atoms in total. The van der Waals surface area contributed by atoms with Crippen LogP contribution in [0, 0.1) is 0 Å². The second kappa shape index (κ2) is 9.40. The highest BCUT2D eigenvalue weighted by atomic mass is 16.5. The Kier molecular flexibility index (Phi) is 6.69. The molecule has 0 aliphatic carbocycles. The van der Waals surface area contributed by atoms with Crippen molar-refractivity contribution in [2.45, 2.75) is 45.2 Å². The zero-order valence-electron chi connectivity index (χ0n) is 16.6. The van der Waals surface area contributed by atoms with Crippen molar-refractivity contribution in [1.29, 1.82) is 0 Å². The molecule has 1 fully saturated rings. The maximum atomic E-state index is 13.3. The minimum absolute atomic E-state index is 0.0629. The zero-order chi connectivity index (χ0) is 19.9. The van der Waals surface area contributed by atoms with Gasteiger partial charge in [-0.15, -0.1) is 0 Å². The van der Waals surface area contributed by atoms with Crippen molar-refractivity contribution in [3.05, 3.63) is 65.2 Å². The van der Waals surface area contributed by atoms with Crippen molar-refractivity contribution in [3.63, 3.8) is 0 Å². The Morgan fingerprint density at radius 2 is 1.75 bits per heavy atom. The number of likely N-dealkylation sites (tertiary alicyclic amines) is 1. The van der Waals surface area contributed by atoms with Gasteiger partial charge < -0.3 is 15.0 Å². The van der Waals surface area contributed by atoms with Gasteiger partial charge in [-0.1, -0.05) is 37.1 Å². The smallest absolute Gasteiger partial charge is 0.254 e. The maximum Gasteiger partial charge on any atom is 0.254 e. The third-order valence-corrected chi connectivity index (χ3v) is 5.26. The molecule has 3 rings (SSSR count). The highest BCUT2D eigenvalue weighted by molar-refractivity contribution is 5.94. The number of amides is 2. The highest BCUT2D eigenvalue weighted by Crippen LogP contribution is 2.32. The number of carbonyl (C=O) groups is 2. The standard InChI is InChI=1S/C23H28N2O3/c1-17(26)24-16-18-7-9-20(10-8-18)23(27)25-15-5-3-4-6-22(25)19-11-13-21(28-2)14-12-19/h7-14,22H,3-6,15-16H2,1-2H3,(H,24,26). The summed E-state index contributed by atoms with van der Waals surface area (Å²) in [6.45, 7) is 2.74. The normalized spacial score (nSPS) is 16.9. The van der Waals surface area contributed by atoms with Crippen molar-refractivity contribution in [3.8, 4) is 5.75 Å². The maximum absolute atomic E-state index is 13.3. The Labute approximate surface area is 166 Å². The van der Waals surface area contributed by atoms with E-state index in [9.17, 15) is 9.59 Å². The number of carbonyl (C=O) groups excluding carboxylic acids is 2. The first-order valence-corrected chi connectivity index (χ1v) is 9.87. The number of hydrogen-bond donors (Lipinski definition) is 1. The molecule has 0 spiro atoms. The second-order valence-electron chi connectivity index (χ2n) is 7.24. The molecule has 1 unspecified atom stereocenters. The van der Waals surface area contributed by atoms with Crippen molar-refractivity contribution in [2.75, 3.05) is 13.7 Å². The number of nitrogens with one attached hydrogen (secondary N) is 1. The van der Waals surface area contributed by atoms with Gasteiger partial charge in [0.2, 0.25) is 5.91 Å². The van der Waals surface area contributed by atoms with Gasteiger partial charge in [0.1, 0.15) is 5.75 Å². The molecule has 0 bridgehead atoms. The van der Waals surface area contributed by atoms with Crippen LogP contribution in [0.5, 0.6) is 5.75 Å². The van der Waals surface area contributed by atoms with E-state index in [0.29, 0.717) is 12.1 Å². The fourth-order valence-corrected chi connectivity index (χ4v) is 3.68. The van der Waals surface area contributed by atoms with E-state index in [-0.39, 0.29) is 17.9 Å². The molecule has 1 aliphatic rings. The van der Waals surface area contributed by atoms with Crippen LogP contribution in [0.15, 0.2) is 48.5 Å². The van der Waals surface area contributed by atoms with E-state index < -0.39 is 0 Å². The predicted molar refractivity (Wildman–Crippen MR) is 109 cm³/mol. The quantitative estimate of drug-likeness (QED) is 0.850. The summed E-state index contributed by atoms with van der Waals surface area (Å²) in [4.78, 5) is 26.3. The summed E-state index contributed by atoms with van der Waals surface area (Å²) in [6, 6.07) is 15.6. The van der Waals surface area contributed by atoms with Crippen molar-refractivity contribution >= 4 is 11.8 Å². The first-order chi connectivity index (χ1) is 13.6. The molecule has 1 heterocycles. The number of hydrogen-bond acceptors (Lipinski definition) is 3. The van der Waals surface area contributed by atoms with E-state index in [1.165, 1.54) is 6.92 Å². The molecule has 2 amide bonds. The lowest BCUT2D eigenvalue weighted by molar-refractivity contribution is -0.119. The summed E-state index contributed by atoms with van der Waals surface area (Å²) in [5.41, 5.74) is 2.82. The molecule has 2 aromatic rings. The van der Waals surface area contributed by atoms with Gasteiger partial charge in [-0.3, -0.25) is 9.59 Å². The van der Waals surface area contributed by atoms with E-state index in [4.69, 9.17) is 4.74 Å². The molecule has 1 saturated heterocycles. The van der Waals surface area contributed by atoms with Gasteiger partial charge in [-0.05, 0) is 48.2 Å². The molecule has 5 heteroatoms. The van der Waals surface area contributed by atoms with Gasteiger partial charge in [-0.2, -0.15) is 0 Å². The Bertz CT molecular complexity index is 800. The van der Waals surface area contributed by atoms with Crippen molar-refractivity contribution in [1.82, 2.24) is 10.2 Å². The molecule has 2 aromatic carbocycles. The molecular weight excluding hydrogens is 352 g/mol. The number of ether oxygens (including phenoxy) is 1. The van der Waals surface area contributed by atoms with E-state index in [0.717, 1.165) is 49.1 Å². The Morgan fingerprint density at radius 3 is 2.39 bits per heavy atom. The van der Waals surface area contributed by atoms with Crippen LogP contribution in [0.3, 0.4) is 0 Å². The van der Waals surface area contributed by atoms with Gasteiger partial charge in [0, 0.05) is 25.6 Å². The lowest BCUT2D eigenvalue weighted by atomic mass is 9.99. The number of nitrogens with zero attached hydrogens (tertiary/aromatic N) is 1. The average molecular weight is 380 g/mol. The zero-order valence-corrected chi connectivity index (χ0v) is 16.6. The summed E-state index contributed by atoms with van der Waals surface area (Å²) in [5, 5.41) is 2.78.